The van der Waals surface area contributed by atoms with Crippen molar-refractivity contribution in [3.63, 3.8) is 0 Å². The third kappa shape index (κ3) is 19.7. The van der Waals surface area contributed by atoms with E-state index >= 15 is 0 Å². The number of amides is 1. The summed E-state index contributed by atoms with van der Waals surface area (Å²) < 4.78 is 0. The molecule has 0 radical (unpaired) electrons. The van der Waals surface area contributed by atoms with Gasteiger partial charge in [-0.05, 0) is 40.0 Å². The molecule has 0 fully saturated rings. The Morgan fingerprint density at radius 1 is 0.731 bits per heavy atom. The van der Waals surface area contributed by atoms with Crippen molar-refractivity contribution >= 4 is 5.91 Å². The Balaban J connectivity index is 3.23. The second-order valence-electron chi connectivity index (χ2n) is 7.75. The highest BCUT2D eigenvalue weighted by Gasteiger charge is 2.03. The van der Waals surface area contributed by atoms with Crippen LogP contribution in [0.3, 0.4) is 0 Å². The van der Waals surface area contributed by atoms with E-state index in [1.165, 1.54) is 70.6 Å². The molecule has 1 amide bonds. The predicted molar refractivity (Wildman–Crippen MR) is 115 cm³/mol. The number of nitrogens with zero attached hydrogens (tertiary/aromatic N) is 1. The second-order valence-corrected chi connectivity index (χ2v) is 7.75. The van der Waals surface area contributed by atoms with Crippen LogP contribution in [-0.4, -0.2) is 51.1 Å². The molecule has 4 heteroatoms. The van der Waals surface area contributed by atoms with Crippen LogP contribution in [0.4, 0.5) is 0 Å². The first-order valence-electron chi connectivity index (χ1n) is 11.3. The van der Waals surface area contributed by atoms with Crippen molar-refractivity contribution in [2.24, 2.45) is 0 Å². The third-order valence-corrected chi connectivity index (χ3v) is 5.04. The molecule has 0 aliphatic heterocycles. The molecule has 2 N–H and O–H groups in total. The van der Waals surface area contributed by atoms with Gasteiger partial charge in [0.1, 0.15) is 0 Å². The van der Waals surface area contributed by atoms with Gasteiger partial charge in [0.2, 0.25) is 5.91 Å². The molecule has 0 aliphatic carbocycles. The smallest absolute Gasteiger partial charge is 0.221 e. The quantitative estimate of drug-likeness (QED) is 0.305. The Morgan fingerprint density at radius 3 is 1.81 bits per heavy atom. The number of unbranched alkanes of at least 4 members (excludes halogenated alkanes) is 11. The van der Waals surface area contributed by atoms with Crippen molar-refractivity contribution in [2.75, 3.05) is 40.3 Å². The Labute approximate surface area is 163 Å². The minimum absolute atomic E-state index is 0.202. The van der Waals surface area contributed by atoms with E-state index in [1.54, 1.807) is 0 Å². The van der Waals surface area contributed by atoms with E-state index < -0.39 is 0 Å². The lowest BCUT2D eigenvalue weighted by Crippen LogP contribution is -2.30. The van der Waals surface area contributed by atoms with E-state index in [0.717, 1.165) is 39.0 Å². The zero-order chi connectivity index (χ0) is 19.3. The highest BCUT2D eigenvalue weighted by Crippen LogP contribution is 2.11. The fourth-order valence-corrected chi connectivity index (χ4v) is 3.21. The predicted octanol–water partition coefficient (Wildman–Crippen LogP) is 4.74. The lowest BCUT2D eigenvalue weighted by molar-refractivity contribution is -0.121. The highest BCUT2D eigenvalue weighted by molar-refractivity contribution is 5.75. The number of rotatable bonds is 20. The fraction of sp³-hybridized carbons (Fsp3) is 0.955. The first kappa shape index (κ1) is 25.4. The summed E-state index contributed by atoms with van der Waals surface area (Å²) in [4.78, 5) is 14.1. The largest absolute Gasteiger partial charge is 0.356 e. The van der Waals surface area contributed by atoms with Crippen LogP contribution in [0.1, 0.15) is 96.8 Å². The van der Waals surface area contributed by atoms with Gasteiger partial charge in [0.15, 0.2) is 0 Å². The molecule has 0 rings (SSSR count). The summed E-state index contributed by atoms with van der Waals surface area (Å²) in [5.41, 5.74) is 0. The zero-order valence-electron chi connectivity index (χ0n) is 18.1. The second kappa shape index (κ2) is 20.7. The van der Waals surface area contributed by atoms with Gasteiger partial charge in [-0.2, -0.15) is 0 Å². The van der Waals surface area contributed by atoms with Crippen molar-refractivity contribution in [1.29, 1.82) is 0 Å². The number of carbonyl (C=O) groups excluding carboxylic acids is 1. The Kier molecular flexibility index (Phi) is 20.2. The van der Waals surface area contributed by atoms with Crippen LogP contribution in [0.15, 0.2) is 0 Å². The van der Waals surface area contributed by atoms with E-state index in [4.69, 9.17) is 0 Å². The summed E-state index contributed by atoms with van der Waals surface area (Å²) >= 11 is 0. The van der Waals surface area contributed by atoms with E-state index in [2.05, 4.69) is 29.5 Å². The van der Waals surface area contributed by atoms with Gasteiger partial charge in [0, 0.05) is 19.5 Å². The highest BCUT2D eigenvalue weighted by atomic mass is 16.1. The maximum atomic E-state index is 11.8. The average Bonchev–Trinajstić information content (AvgIpc) is 2.64. The molecule has 26 heavy (non-hydrogen) atoms. The van der Waals surface area contributed by atoms with E-state index in [0.29, 0.717) is 6.42 Å². The van der Waals surface area contributed by atoms with Crippen molar-refractivity contribution < 1.29 is 4.79 Å². The van der Waals surface area contributed by atoms with Crippen LogP contribution in [0.25, 0.3) is 0 Å². The molecule has 0 saturated heterocycles. The molecular weight excluding hydrogens is 322 g/mol. The minimum Gasteiger partial charge on any atom is -0.356 e. The number of hydrogen-bond acceptors (Lipinski definition) is 3. The van der Waals surface area contributed by atoms with Gasteiger partial charge in [0.05, 0.1) is 0 Å². The lowest BCUT2D eigenvalue weighted by Gasteiger charge is -2.16. The Morgan fingerprint density at radius 2 is 1.27 bits per heavy atom. The summed E-state index contributed by atoms with van der Waals surface area (Å²) in [6.45, 7) is 6.06. The first-order chi connectivity index (χ1) is 12.7. The van der Waals surface area contributed by atoms with Gasteiger partial charge < -0.3 is 15.5 Å². The first-order valence-corrected chi connectivity index (χ1v) is 11.3. The normalized spacial score (nSPS) is 11.2. The lowest BCUT2D eigenvalue weighted by atomic mass is 10.1. The van der Waals surface area contributed by atoms with Crippen molar-refractivity contribution in [2.45, 2.75) is 96.8 Å². The van der Waals surface area contributed by atoms with Gasteiger partial charge in [-0.1, -0.05) is 77.6 Å². The van der Waals surface area contributed by atoms with Crippen LogP contribution in [0.5, 0.6) is 0 Å². The average molecular weight is 370 g/mol. The van der Waals surface area contributed by atoms with E-state index in [1.807, 2.05) is 7.05 Å². The molecule has 156 valence electrons. The third-order valence-electron chi connectivity index (χ3n) is 5.04. The van der Waals surface area contributed by atoms with Gasteiger partial charge in [0.25, 0.3) is 0 Å². The summed E-state index contributed by atoms with van der Waals surface area (Å²) in [6.07, 6.45) is 18.1. The topological polar surface area (TPSA) is 44.4 Å². The van der Waals surface area contributed by atoms with Crippen molar-refractivity contribution in [3.05, 3.63) is 0 Å². The summed E-state index contributed by atoms with van der Waals surface area (Å²) in [5.74, 6) is 0.202. The fourth-order valence-electron chi connectivity index (χ4n) is 3.21. The molecular formula is C22H47N3O. The van der Waals surface area contributed by atoms with Crippen molar-refractivity contribution in [3.8, 4) is 0 Å². The van der Waals surface area contributed by atoms with Crippen LogP contribution in [0, 0.1) is 0 Å². The molecule has 4 nitrogen and oxygen atoms in total. The molecule has 0 atom stereocenters. The molecule has 0 saturated carbocycles. The molecule has 0 aromatic carbocycles. The summed E-state index contributed by atoms with van der Waals surface area (Å²) in [5, 5.41) is 6.21. The van der Waals surface area contributed by atoms with Crippen LogP contribution in [-0.2, 0) is 4.79 Å². The monoisotopic (exact) mass is 369 g/mol. The number of hydrogen-bond donors (Lipinski definition) is 2. The van der Waals surface area contributed by atoms with Crippen LogP contribution >= 0.6 is 0 Å². The van der Waals surface area contributed by atoms with E-state index in [-0.39, 0.29) is 5.91 Å². The summed E-state index contributed by atoms with van der Waals surface area (Å²) in [6, 6.07) is 0. The summed E-state index contributed by atoms with van der Waals surface area (Å²) in [7, 11) is 4.07. The molecule has 0 aromatic heterocycles. The SMILES string of the molecule is CCCCCCCCCCCCCCNC(=O)CCN(C)CCCNC. The van der Waals surface area contributed by atoms with E-state index in [9.17, 15) is 4.79 Å². The Hall–Kier alpha value is -0.610. The number of carbonyl (C=O) groups is 1. The van der Waals surface area contributed by atoms with Crippen LogP contribution in [0.2, 0.25) is 0 Å². The van der Waals surface area contributed by atoms with Gasteiger partial charge in [-0.25, -0.2) is 0 Å². The molecule has 0 spiro atoms. The minimum atomic E-state index is 0.202. The van der Waals surface area contributed by atoms with Crippen LogP contribution < -0.4 is 10.6 Å². The zero-order valence-corrected chi connectivity index (χ0v) is 18.1. The van der Waals surface area contributed by atoms with Gasteiger partial charge >= 0.3 is 0 Å². The van der Waals surface area contributed by atoms with Gasteiger partial charge in [-0.15, -0.1) is 0 Å². The molecule has 0 bridgehead atoms. The maximum absolute atomic E-state index is 11.8. The standard InChI is InChI=1S/C22H47N3O/c1-4-5-6-7-8-9-10-11-12-13-14-15-19-24-22(26)17-21-25(3)20-16-18-23-2/h23H,4-21H2,1-3H3,(H,24,26). The molecule has 0 unspecified atom stereocenters. The van der Waals surface area contributed by atoms with Crippen molar-refractivity contribution in [1.82, 2.24) is 15.5 Å². The maximum Gasteiger partial charge on any atom is 0.221 e. The molecule has 0 aliphatic rings. The molecule has 0 aromatic rings. The molecule has 0 heterocycles. The number of nitrogens with one attached hydrogen (secondary N) is 2. The van der Waals surface area contributed by atoms with Gasteiger partial charge in [-0.3, -0.25) is 4.79 Å². The Bertz CT molecular complexity index is 297.